The highest BCUT2D eigenvalue weighted by atomic mass is 32.1. The van der Waals surface area contributed by atoms with E-state index in [2.05, 4.69) is 59.8 Å². The van der Waals surface area contributed by atoms with Crippen molar-refractivity contribution in [2.24, 2.45) is 0 Å². The molecule has 0 fully saturated rings. The van der Waals surface area contributed by atoms with E-state index in [1.54, 1.807) is 10.5 Å². The molecule has 1 heterocycles. The molecule has 1 aliphatic carbocycles. The van der Waals surface area contributed by atoms with Gasteiger partial charge in [0.2, 0.25) is 0 Å². The molecule has 27 heavy (non-hydrogen) atoms. The molecule has 0 unspecified atom stereocenters. The lowest BCUT2D eigenvalue weighted by atomic mass is 9.93. The van der Waals surface area contributed by atoms with Gasteiger partial charge in [-0.25, -0.2) is 9.59 Å². The summed E-state index contributed by atoms with van der Waals surface area (Å²) in [6.45, 7) is 2.17. The molecule has 1 aromatic heterocycles. The molecule has 2 aromatic rings. The van der Waals surface area contributed by atoms with Crippen LogP contribution in [0.15, 0.2) is 47.9 Å². The number of thiophene rings is 1. The molecule has 0 saturated carbocycles. The topological polar surface area (TPSA) is 77.8 Å². The van der Waals surface area contributed by atoms with Crippen LogP contribution < -0.4 is 0 Å². The SMILES string of the molecule is CN(CC=C1CCCc2sccc21)CCc1ccccc1.O=C(O)C(=O)O. The summed E-state index contributed by atoms with van der Waals surface area (Å²) in [4.78, 5) is 22.2. The lowest BCUT2D eigenvalue weighted by Crippen LogP contribution is -2.21. The van der Waals surface area contributed by atoms with Gasteiger partial charge < -0.3 is 15.1 Å². The molecule has 5 nitrogen and oxygen atoms in total. The highest BCUT2D eigenvalue weighted by Gasteiger charge is 2.14. The lowest BCUT2D eigenvalue weighted by molar-refractivity contribution is -0.159. The molecule has 2 N–H and O–H groups in total. The Kier molecular flexibility index (Phi) is 8.23. The second-order valence-corrected chi connectivity index (χ2v) is 7.45. The zero-order chi connectivity index (χ0) is 19.6. The summed E-state index contributed by atoms with van der Waals surface area (Å²) in [6.07, 6.45) is 7.40. The second kappa shape index (κ2) is 10.6. The second-order valence-electron chi connectivity index (χ2n) is 6.45. The predicted octanol–water partition coefficient (Wildman–Crippen LogP) is 3.80. The average molecular weight is 388 g/mol. The van der Waals surface area contributed by atoms with Gasteiger partial charge in [-0.2, -0.15) is 0 Å². The minimum absolute atomic E-state index is 1.05. The Morgan fingerprint density at radius 2 is 1.81 bits per heavy atom. The van der Waals surface area contributed by atoms with Gasteiger partial charge in [-0.15, -0.1) is 11.3 Å². The molecule has 0 bridgehead atoms. The number of hydrogen-bond donors (Lipinski definition) is 2. The van der Waals surface area contributed by atoms with Gasteiger partial charge in [0.1, 0.15) is 0 Å². The molecule has 0 spiro atoms. The fourth-order valence-corrected chi connectivity index (χ4v) is 3.89. The monoisotopic (exact) mass is 387 g/mol. The molecule has 1 aliphatic rings. The summed E-state index contributed by atoms with van der Waals surface area (Å²) in [5, 5.41) is 17.0. The first-order valence-electron chi connectivity index (χ1n) is 8.92. The quantitative estimate of drug-likeness (QED) is 0.763. The Hall–Kier alpha value is -2.44. The van der Waals surface area contributed by atoms with Crippen LogP contribution in [0, 0.1) is 0 Å². The normalized spacial score (nSPS) is 14.4. The van der Waals surface area contributed by atoms with Crippen LogP contribution in [0.5, 0.6) is 0 Å². The third-order valence-corrected chi connectivity index (χ3v) is 5.38. The van der Waals surface area contributed by atoms with E-state index in [0.717, 1.165) is 19.5 Å². The van der Waals surface area contributed by atoms with Crippen molar-refractivity contribution in [3.63, 3.8) is 0 Å². The molecule has 6 heteroatoms. The number of benzene rings is 1. The maximum Gasteiger partial charge on any atom is 0.414 e. The number of allylic oxidation sites excluding steroid dienone is 1. The van der Waals surface area contributed by atoms with Gasteiger partial charge in [-0.3, -0.25) is 0 Å². The number of nitrogens with zero attached hydrogens (tertiary/aromatic N) is 1. The van der Waals surface area contributed by atoms with Gasteiger partial charge in [-0.1, -0.05) is 36.4 Å². The Bertz CT molecular complexity index is 770. The molecule has 1 aromatic carbocycles. The Labute approximate surface area is 163 Å². The number of hydrogen-bond acceptors (Lipinski definition) is 4. The van der Waals surface area contributed by atoms with Crippen LogP contribution in [0.2, 0.25) is 0 Å². The first-order chi connectivity index (χ1) is 13.0. The summed E-state index contributed by atoms with van der Waals surface area (Å²) in [7, 11) is 2.22. The van der Waals surface area contributed by atoms with Gasteiger partial charge in [-0.05, 0) is 60.9 Å². The Balaban J connectivity index is 0.000000380. The predicted molar refractivity (Wildman–Crippen MR) is 108 cm³/mol. The summed E-state index contributed by atoms with van der Waals surface area (Å²) in [5.41, 5.74) is 4.50. The summed E-state index contributed by atoms with van der Waals surface area (Å²) < 4.78 is 0. The minimum atomic E-state index is -1.82. The van der Waals surface area contributed by atoms with Crippen LogP contribution in [-0.2, 0) is 22.4 Å². The van der Waals surface area contributed by atoms with Gasteiger partial charge >= 0.3 is 11.9 Å². The fourth-order valence-electron chi connectivity index (χ4n) is 2.93. The third kappa shape index (κ3) is 7.00. The minimum Gasteiger partial charge on any atom is -0.473 e. The molecular weight excluding hydrogens is 362 g/mol. The van der Waals surface area contributed by atoms with E-state index < -0.39 is 11.9 Å². The van der Waals surface area contributed by atoms with Crippen molar-refractivity contribution < 1.29 is 19.8 Å². The van der Waals surface area contributed by atoms with Crippen LogP contribution in [0.1, 0.15) is 28.8 Å². The summed E-state index contributed by atoms with van der Waals surface area (Å²) in [6, 6.07) is 13.1. The Morgan fingerprint density at radius 3 is 2.48 bits per heavy atom. The Morgan fingerprint density at radius 1 is 1.11 bits per heavy atom. The molecule has 0 atom stereocenters. The van der Waals surface area contributed by atoms with E-state index in [9.17, 15) is 0 Å². The van der Waals surface area contributed by atoms with Crippen LogP contribution in [0.25, 0.3) is 5.57 Å². The van der Waals surface area contributed by atoms with E-state index >= 15 is 0 Å². The number of carboxylic acid groups (broad SMARTS) is 2. The first kappa shape index (κ1) is 20.9. The van der Waals surface area contributed by atoms with Crippen molar-refractivity contribution in [3.05, 3.63) is 63.9 Å². The van der Waals surface area contributed by atoms with Crippen molar-refractivity contribution in [2.45, 2.75) is 25.7 Å². The van der Waals surface area contributed by atoms with Gasteiger partial charge in [0, 0.05) is 18.0 Å². The zero-order valence-electron chi connectivity index (χ0n) is 15.4. The van der Waals surface area contributed by atoms with E-state index in [0.29, 0.717) is 0 Å². The maximum absolute atomic E-state index is 9.10. The molecular formula is C21H25NO4S. The van der Waals surface area contributed by atoms with E-state index in [1.165, 1.54) is 30.4 Å². The van der Waals surface area contributed by atoms with Crippen LogP contribution >= 0.6 is 11.3 Å². The smallest absolute Gasteiger partial charge is 0.414 e. The first-order valence-corrected chi connectivity index (χ1v) is 9.79. The summed E-state index contributed by atoms with van der Waals surface area (Å²) >= 11 is 1.92. The molecule has 0 saturated heterocycles. The van der Waals surface area contributed by atoms with E-state index in [-0.39, 0.29) is 0 Å². The fraction of sp³-hybridized carbons (Fsp3) is 0.333. The molecule has 0 aliphatic heterocycles. The van der Waals surface area contributed by atoms with Crippen molar-refractivity contribution in [2.75, 3.05) is 20.1 Å². The van der Waals surface area contributed by atoms with E-state index in [1.807, 2.05) is 11.3 Å². The van der Waals surface area contributed by atoms with E-state index in [4.69, 9.17) is 19.8 Å². The van der Waals surface area contributed by atoms with Gasteiger partial charge in [0.15, 0.2) is 0 Å². The number of rotatable bonds is 5. The van der Waals surface area contributed by atoms with Crippen molar-refractivity contribution in [3.8, 4) is 0 Å². The molecule has 3 rings (SSSR count). The van der Waals surface area contributed by atoms with Crippen LogP contribution in [0.3, 0.4) is 0 Å². The van der Waals surface area contributed by atoms with Crippen LogP contribution in [0.4, 0.5) is 0 Å². The third-order valence-electron chi connectivity index (χ3n) is 4.40. The van der Waals surface area contributed by atoms with Gasteiger partial charge in [0.05, 0.1) is 0 Å². The number of fused-ring (bicyclic) bond motifs is 1. The number of carboxylic acids is 2. The number of carbonyl (C=O) groups is 2. The number of likely N-dealkylation sites (N-methyl/N-ethyl adjacent to an activating group) is 1. The average Bonchev–Trinajstić information content (AvgIpc) is 3.15. The lowest BCUT2D eigenvalue weighted by Gasteiger charge is -2.18. The van der Waals surface area contributed by atoms with Crippen molar-refractivity contribution >= 4 is 28.8 Å². The largest absolute Gasteiger partial charge is 0.473 e. The highest BCUT2D eigenvalue weighted by molar-refractivity contribution is 7.10. The van der Waals surface area contributed by atoms with Gasteiger partial charge in [0.25, 0.3) is 0 Å². The highest BCUT2D eigenvalue weighted by Crippen LogP contribution is 2.33. The molecule has 0 radical (unpaired) electrons. The standard InChI is InChI=1S/C19H23NS.C2H2O4/c1-20(13-10-16-6-3-2-4-7-16)14-11-17-8-5-9-19-18(17)12-15-21-19;3-1(4)2(5)6/h2-4,6-7,11-12,15H,5,8-10,13-14H2,1H3;(H,3,4)(H,5,6). The molecule has 144 valence electrons. The maximum atomic E-state index is 9.10. The summed E-state index contributed by atoms with van der Waals surface area (Å²) in [5.74, 6) is -3.65. The van der Waals surface area contributed by atoms with Crippen molar-refractivity contribution in [1.82, 2.24) is 4.90 Å². The number of aryl methyl sites for hydroxylation is 1. The van der Waals surface area contributed by atoms with Crippen LogP contribution in [-0.4, -0.2) is 47.2 Å². The number of aliphatic carboxylic acids is 2. The molecule has 0 amide bonds. The zero-order valence-corrected chi connectivity index (χ0v) is 16.2. The van der Waals surface area contributed by atoms with Crippen molar-refractivity contribution in [1.29, 1.82) is 0 Å².